The molecule has 0 aliphatic carbocycles. The molecule has 0 unspecified atom stereocenters. The number of carboxylic acid groups (broad SMARTS) is 1. The van der Waals surface area contributed by atoms with Gasteiger partial charge in [-0.3, -0.25) is 9.59 Å². The Kier molecular flexibility index (Phi) is 4.60. The van der Waals surface area contributed by atoms with Gasteiger partial charge in [-0.2, -0.15) is 0 Å². The van der Waals surface area contributed by atoms with Crippen LogP contribution in [0.4, 0.5) is 5.69 Å². The Morgan fingerprint density at radius 2 is 1.95 bits per heavy atom. The summed E-state index contributed by atoms with van der Waals surface area (Å²) in [4.78, 5) is 22.8. The average molecular weight is 304 g/mol. The normalized spacial score (nSPS) is 10.2. The van der Waals surface area contributed by atoms with Gasteiger partial charge in [-0.15, -0.1) is 0 Å². The minimum Gasteiger partial charge on any atom is -0.481 e. The number of anilines is 1. The number of carbonyl (C=O) groups is 2. The summed E-state index contributed by atoms with van der Waals surface area (Å²) in [5.41, 5.74) is 2.52. The Bertz CT molecular complexity index is 698. The van der Waals surface area contributed by atoms with Gasteiger partial charge in [0, 0.05) is 16.3 Å². The second-order valence-electron chi connectivity index (χ2n) is 4.69. The van der Waals surface area contributed by atoms with Crippen molar-refractivity contribution in [1.29, 1.82) is 0 Å². The number of aliphatic carboxylic acids is 1. The number of nitrogens with one attached hydrogen (secondary N) is 1. The second kappa shape index (κ2) is 6.41. The molecule has 0 aliphatic rings. The number of rotatable bonds is 4. The number of aryl methyl sites for hydroxylation is 1. The van der Waals surface area contributed by atoms with Crippen LogP contribution in [0.2, 0.25) is 5.02 Å². The van der Waals surface area contributed by atoms with Crippen LogP contribution < -0.4 is 5.32 Å². The number of amides is 1. The van der Waals surface area contributed by atoms with Gasteiger partial charge in [-0.25, -0.2) is 0 Å². The van der Waals surface area contributed by atoms with E-state index in [9.17, 15) is 9.59 Å². The number of benzene rings is 2. The molecule has 2 aromatic carbocycles. The lowest BCUT2D eigenvalue weighted by Crippen LogP contribution is -2.12. The maximum Gasteiger partial charge on any atom is 0.307 e. The molecule has 2 N–H and O–H groups in total. The first-order valence-corrected chi connectivity index (χ1v) is 6.72. The van der Waals surface area contributed by atoms with Gasteiger partial charge < -0.3 is 10.4 Å². The molecule has 0 saturated carbocycles. The van der Waals surface area contributed by atoms with E-state index in [0.29, 0.717) is 21.8 Å². The largest absolute Gasteiger partial charge is 0.481 e. The van der Waals surface area contributed by atoms with Gasteiger partial charge in [0.1, 0.15) is 0 Å². The Hall–Kier alpha value is -2.33. The summed E-state index contributed by atoms with van der Waals surface area (Å²) in [6, 6.07) is 11.8. The monoisotopic (exact) mass is 303 g/mol. The van der Waals surface area contributed by atoms with Gasteiger partial charge in [-0.05, 0) is 48.4 Å². The molecule has 0 heterocycles. The first-order valence-electron chi connectivity index (χ1n) is 6.34. The third-order valence-corrected chi connectivity index (χ3v) is 3.38. The predicted molar refractivity (Wildman–Crippen MR) is 81.9 cm³/mol. The topological polar surface area (TPSA) is 66.4 Å². The highest BCUT2D eigenvalue weighted by atomic mass is 35.5. The van der Waals surface area contributed by atoms with E-state index in [-0.39, 0.29) is 12.3 Å². The molecule has 2 rings (SSSR count). The molecular formula is C16H14ClNO3. The lowest BCUT2D eigenvalue weighted by atomic mass is 10.1. The zero-order valence-corrected chi connectivity index (χ0v) is 12.1. The molecule has 4 nitrogen and oxygen atoms in total. The fraction of sp³-hybridized carbons (Fsp3) is 0.125. The summed E-state index contributed by atoms with van der Waals surface area (Å²) in [6.45, 7) is 1.83. The van der Waals surface area contributed by atoms with Gasteiger partial charge >= 0.3 is 5.97 Å². The Balaban J connectivity index is 2.15. The number of halogens is 1. The first-order chi connectivity index (χ1) is 9.95. The number of hydrogen-bond donors (Lipinski definition) is 2. The van der Waals surface area contributed by atoms with Crippen LogP contribution in [0.25, 0.3) is 0 Å². The van der Waals surface area contributed by atoms with Gasteiger partial charge in [0.05, 0.1) is 6.42 Å². The summed E-state index contributed by atoms with van der Waals surface area (Å²) >= 11 is 5.93. The predicted octanol–water partition coefficient (Wildman–Crippen LogP) is 3.53. The molecular weight excluding hydrogens is 290 g/mol. The van der Waals surface area contributed by atoms with Gasteiger partial charge in [0.2, 0.25) is 0 Å². The highest BCUT2D eigenvalue weighted by molar-refractivity contribution is 6.31. The van der Waals surface area contributed by atoms with E-state index in [1.54, 1.807) is 42.5 Å². The summed E-state index contributed by atoms with van der Waals surface area (Å²) in [6.07, 6.45) is -0.0796. The molecule has 0 spiro atoms. The van der Waals surface area contributed by atoms with Crippen molar-refractivity contribution in [2.24, 2.45) is 0 Å². The van der Waals surface area contributed by atoms with Crippen LogP contribution in [0.5, 0.6) is 0 Å². The third kappa shape index (κ3) is 4.07. The number of carbonyl (C=O) groups excluding carboxylic acids is 1. The minimum atomic E-state index is -0.910. The standard InChI is InChI=1S/C16H14ClNO3/c1-10-7-12(5-6-14(10)17)16(21)18-13-4-2-3-11(8-13)9-15(19)20/h2-8H,9H2,1H3,(H,18,21)(H,19,20). The van der Waals surface area contributed by atoms with Crippen LogP contribution >= 0.6 is 11.6 Å². The molecule has 0 aliphatic heterocycles. The molecule has 0 aromatic heterocycles. The summed E-state index contributed by atoms with van der Waals surface area (Å²) in [5.74, 6) is -1.17. The average Bonchev–Trinajstić information content (AvgIpc) is 2.41. The van der Waals surface area contributed by atoms with Crippen LogP contribution in [-0.4, -0.2) is 17.0 Å². The van der Waals surface area contributed by atoms with Crippen molar-refractivity contribution in [3.63, 3.8) is 0 Å². The number of carboxylic acids is 1. The lowest BCUT2D eigenvalue weighted by Gasteiger charge is -2.08. The Morgan fingerprint density at radius 1 is 1.19 bits per heavy atom. The van der Waals surface area contributed by atoms with Crippen LogP contribution in [-0.2, 0) is 11.2 Å². The van der Waals surface area contributed by atoms with Crippen LogP contribution in [0.1, 0.15) is 21.5 Å². The van der Waals surface area contributed by atoms with Crippen molar-refractivity contribution in [1.82, 2.24) is 0 Å². The fourth-order valence-corrected chi connectivity index (χ4v) is 2.04. The zero-order chi connectivity index (χ0) is 15.4. The molecule has 0 saturated heterocycles. The van der Waals surface area contributed by atoms with Crippen molar-refractivity contribution in [3.8, 4) is 0 Å². The number of hydrogen-bond acceptors (Lipinski definition) is 2. The smallest absolute Gasteiger partial charge is 0.307 e. The SMILES string of the molecule is Cc1cc(C(=O)Nc2cccc(CC(=O)O)c2)ccc1Cl. The summed E-state index contributed by atoms with van der Waals surface area (Å²) < 4.78 is 0. The van der Waals surface area contributed by atoms with E-state index in [0.717, 1.165) is 5.56 Å². The second-order valence-corrected chi connectivity index (χ2v) is 5.10. The van der Waals surface area contributed by atoms with Crippen LogP contribution in [0.3, 0.4) is 0 Å². The van der Waals surface area contributed by atoms with Crippen molar-refractivity contribution in [3.05, 3.63) is 64.2 Å². The zero-order valence-electron chi connectivity index (χ0n) is 11.4. The summed E-state index contributed by atoms with van der Waals surface area (Å²) in [7, 11) is 0. The first kappa shape index (κ1) is 15.1. The molecule has 0 bridgehead atoms. The molecule has 2 aromatic rings. The maximum absolute atomic E-state index is 12.1. The van der Waals surface area contributed by atoms with Gasteiger partial charge in [0.15, 0.2) is 0 Å². The molecule has 21 heavy (non-hydrogen) atoms. The molecule has 0 atom stereocenters. The molecule has 5 heteroatoms. The van der Waals surface area contributed by atoms with Gasteiger partial charge in [0.25, 0.3) is 5.91 Å². The van der Waals surface area contributed by atoms with Crippen molar-refractivity contribution >= 4 is 29.2 Å². The van der Waals surface area contributed by atoms with Crippen LogP contribution in [0, 0.1) is 6.92 Å². The quantitative estimate of drug-likeness (QED) is 0.908. The maximum atomic E-state index is 12.1. The van der Waals surface area contributed by atoms with Crippen molar-refractivity contribution in [2.75, 3.05) is 5.32 Å². The highest BCUT2D eigenvalue weighted by Crippen LogP contribution is 2.18. The third-order valence-electron chi connectivity index (χ3n) is 2.96. The van der Waals surface area contributed by atoms with E-state index in [2.05, 4.69) is 5.32 Å². The van der Waals surface area contributed by atoms with E-state index in [1.807, 2.05) is 6.92 Å². The molecule has 108 valence electrons. The molecule has 0 radical (unpaired) electrons. The van der Waals surface area contributed by atoms with E-state index >= 15 is 0 Å². The minimum absolute atomic E-state index is 0.0796. The van der Waals surface area contributed by atoms with Crippen molar-refractivity contribution in [2.45, 2.75) is 13.3 Å². The van der Waals surface area contributed by atoms with Crippen LogP contribution in [0.15, 0.2) is 42.5 Å². The van der Waals surface area contributed by atoms with E-state index in [4.69, 9.17) is 16.7 Å². The lowest BCUT2D eigenvalue weighted by molar-refractivity contribution is -0.136. The highest BCUT2D eigenvalue weighted by Gasteiger charge is 2.08. The van der Waals surface area contributed by atoms with E-state index < -0.39 is 5.97 Å². The summed E-state index contributed by atoms with van der Waals surface area (Å²) in [5, 5.41) is 12.1. The molecule has 1 amide bonds. The fourth-order valence-electron chi connectivity index (χ4n) is 1.92. The van der Waals surface area contributed by atoms with Gasteiger partial charge in [-0.1, -0.05) is 23.7 Å². The molecule has 0 fully saturated rings. The Labute approximate surface area is 127 Å². The van der Waals surface area contributed by atoms with Crippen molar-refractivity contribution < 1.29 is 14.7 Å². The van der Waals surface area contributed by atoms with E-state index in [1.165, 1.54) is 0 Å². The Morgan fingerprint density at radius 3 is 2.62 bits per heavy atom.